The minimum absolute atomic E-state index is 0.0198. The molecule has 2 amide bonds. The Morgan fingerprint density at radius 2 is 1.86 bits per heavy atom. The summed E-state index contributed by atoms with van der Waals surface area (Å²) < 4.78 is 5.85. The Bertz CT molecular complexity index is 658. The number of carbonyl (C=O) groups is 2. The van der Waals surface area contributed by atoms with Crippen LogP contribution in [0.1, 0.15) is 49.4 Å². The van der Waals surface area contributed by atoms with Crippen molar-refractivity contribution in [3.8, 4) is 0 Å². The second-order valence-corrected chi connectivity index (χ2v) is 8.26. The van der Waals surface area contributed by atoms with Crippen LogP contribution >= 0.6 is 0 Å². The number of carbonyl (C=O) groups excluding carboxylic acids is 2. The zero-order valence-corrected chi connectivity index (χ0v) is 16.9. The summed E-state index contributed by atoms with van der Waals surface area (Å²) in [4.78, 5) is 29.9. The molecule has 3 rings (SSSR count). The van der Waals surface area contributed by atoms with E-state index in [1.54, 1.807) is 0 Å². The van der Waals surface area contributed by atoms with Gasteiger partial charge in [0, 0.05) is 38.3 Å². The van der Waals surface area contributed by atoms with Gasteiger partial charge in [-0.25, -0.2) is 0 Å². The molecular formula is C22H33N3O3. The van der Waals surface area contributed by atoms with E-state index in [1.807, 2.05) is 47.1 Å². The third-order valence-corrected chi connectivity index (χ3v) is 5.95. The van der Waals surface area contributed by atoms with Gasteiger partial charge in [0.05, 0.1) is 11.5 Å². The van der Waals surface area contributed by atoms with Gasteiger partial charge < -0.3 is 20.3 Å². The first-order valence-corrected chi connectivity index (χ1v) is 10.5. The maximum absolute atomic E-state index is 13.3. The van der Waals surface area contributed by atoms with Gasteiger partial charge in [-0.1, -0.05) is 18.2 Å². The van der Waals surface area contributed by atoms with E-state index in [1.165, 1.54) is 0 Å². The van der Waals surface area contributed by atoms with Gasteiger partial charge in [-0.3, -0.25) is 9.59 Å². The largest absolute Gasteiger partial charge is 0.378 e. The molecule has 1 aromatic rings. The molecular weight excluding hydrogens is 354 g/mol. The third kappa shape index (κ3) is 4.92. The monoisotopic (exact) mass is 387 g/mol. The zero-order valence-electron chi connectivity index (χ0n) is 16.9. The SMILES string of the molecule is CC1(C(=O)N2CCC(OCCCN)CC2)CCCN(C(=O)c2ccccc2)C1. The number of ether oxygens (including phenoxy) is 1. The van der Waals surface area contributed by atoms with E-state index in [9.17, 15) is 9.59 Å². The zero-order chi connectivity index (χ0) is 20.0. The maximum atomic E-state index is 13.3. The smallest absolute Gasteiger partial charge is 0.253 e. The van der Waals surface area contributed by atoms with E-state index >= 15 is 0 Å². The topological polar surface area (TPSA) is 75.9 Å². The number of nitrogens with zero attached hydrogens (tertiary/aromatic N) is 2. The van der Waals surface area contributed by atoms with Crippen molar-refractivity contribution in [1.82, 2.24) is 9.80 Å². The summed E-state index contributed by atoms with van der Waals surface area (Å²) in [6.45, 7) is 6.03. The third-order valence-electron chi connectivity index (χ3n) is 5.95. The van der Waals surface area contributed by atoms with Gasteiger partial charge in [-0.2, -0.15) is 0 Å². The Labute approximate surface area is 168 Å². The molecule has 6 heteroatoms. The second kappa shape index (κ2) is 9.52. The predicted molar refractivity (Wildman–Crippen MR) is 109 cm³/mol. The quantitative estimate of drug-likeness (QED) is 0.760. The number of nitrogens with two attached hydrogens (primary N) is 1. The van der Waals surface area contributed by atoms with Gasteiger partial charge in [-0.15, -0.1) is 0 Å². The number of hydrogen-bond acceptors (Lipinski definition) is 4. The molecule has 28 heavy (non-hydrogen) atoms. The predicted octanol–water partition coefficient (Wildman–Crippen LogP) is 2.29. The summed E-state index contributed by atoms with van der Waals surface area (Å²) in [5.74, 6) is 0.199. The molecule has 1 aromatic carbocycles. The number of likely N-dealkylation sites (tertiary alicyclic amines) is 2. The number of rotatable bonds is 6. The molecule has 0 aromatic heterocycles. The van der Waals surface area contributed by atoms with Crippen molar-refractivity contribution in [1.29, 1.82) is 0 Å². The van der Waals surface area contributed by atoms with Crippen molar-refractivity contribution in [3.63, 3.8) is 0 Å². The first kappa shape index (κ1) is 20.8. The summed E-state index contributed by atoms with van der Waals surface area (Å²) in [5.41, 5.74) is 5.70. The molecule has 2 aliphatic heterocycles. The number of benzene rings is 1. The van der Waals surface area contributed by atoms with Crippen LogP contribution in [0.15, 0.2) is 30.3 Å². The van der Waals surface area contributed by atoms with Crippen LogP contribution in [0, 0.1) is 5.41 Å². The number of hydrogen-bond donors (Lipinski definition) is 1. The second-order valence-electron chi connectivity index (χ2n) is 8.26. The van der Waals surface area contributed by atoms with Crippen LogP contribution in [0.5, 0.6) is 0 Å². The lowest BCUT2D eigenvalue weighted by molar-refractivity contribution is -0.146. The minimum Gasteiger partial charge on any atom is -0.378 e. The molecule has 0 spiro atoms. The molecule has 2 saturated heterocycles. The van der Waals surface area contributed by atoms with Crippen molar-refractivity contribution >= 4 is 11.8 Å². The first-order valence-electron chi connectivity index (χ1n) is 10.5. The Hall–Kier alpha value is -1.92. The Kier molecular flexibility index (Phi) is 7.08. The van der Waals surface area contributed by atoms with Gasteiger partial charge >= 0.3 is 0 Å². The normalized spacial score (nSPS) is 23.6. The highest BCUT2D eigenvalue weighted by Crippen LogP contribution is 2.33. The molecule has 0 radical (unpaired) electrons. The lowest BCUT2D eigenvalue weighted by Gasteiger charge is -2.43. The molecule has 2 aliphatic rings. The van der Waals surface area contributed by atoms with Crippen molar-refractivity contribution in [2.45, 2.75) is 45.1 Å². The van der Waals surface area contributed by atoms with Crippen LogP contribution in [0.4, 0.5) is 0 Å². The summed E-state index contributed by atoms with van der Waals surface area (Å²) in [6, 6.07) is 9.34. The molecule has 0 bridgehead atoms. The van der Waals surface area contributed by atoms with E-state index in [4.69, 9.17) is 10.5 Å². The Balaban J connectivity index is 1.56. The van der Waals surface area contributed by atoms with Crippen LogP contribution in [0.2, 0.25) is 0 Å². The molecule has 154 valence electrons. The average molecular weight is 388 g/mol. The molecule has 2 fully saturated rings. The summed E-state index contributed by atoms with van der Waals surface area (Å²) >= 11 is 0. The molecule has 0 saturated carbocycles. The molecule has 6 nitrogen and oxygen atoms in total. The Morgan fingerprint density at radius 1 is 1.14 bits per heavy atom. The number of piperidine rings is 2. The summed E-state index contributed by atoms with van der Waals surface area (Å²) in [7, 11) is 0. The highest BCUT2D eigenvalue weighted by atomic mass is 16.5. The lowest BCUT2D eigenvalue weighted by Crippen LogP contribution is -2.54. The molecule has 1 atom stereocenters. The molecule has 2 N–H and O–H groups in total. The molecule has 1 unspecified atom stereocenters. The van der Waals surface area contributed by atoms with E-state index < -0.39 is 5.41 Å². The maximum Gasteiger partial charge on any atom is 0.253 e. The van der Waals surface area contributed by atoms with E-state index in [-0.39, 0.29) is 17.9 Å². The van der Waals surface area contributed by atoms with Crippen molar-refractivity contribution in [3.05, 3.63) is 35.9 Å². The van der Waals surface area contributed by atoms with E-state index in [0.717, 1.165) is 45.2 Å². The standard InChI is InChI=1S/C22H33N3O3/c1-22(21(27)24-14-9-19(10-15-24)28-16-6-12-23)11-5-13-25(17-22)20(26)18-7-3-2-4-8-18/h2-4,7-8,19H,5-6,9-17,23H2,1H3. The van der Waals surface area contributed by atoms with Crippen molar-refractivity contribution in [2.24, 2.45) is 11.1 Å². The van der Waals surface area contributed by atoms with Gasteiger partial charge in [0.2, 0.25) is 5.91 Å². The first-order chi connectivity index (χ1) is 13.5. The highest BCUT2D eigenvalue weighted by molar-refractivity contribution is 5.95. The van der Waals surface area contributed by atoms with Gasteiger partial charge in [0.25, 0.3) is 5.91 Å². The van der Waals surface area contributed by atoms with Crippen molar-refractivity contribution < 1.29 is 14.3 Å². The fourth-order valence-corrected chi connectivity index (χ4v) is 4.29. The van der Waals surface area contributed by atoms with Crippen LogP contribution in [-0.2, 0) is 9.53 Å². The van der Waals surface area contributed by atoms with E-state index in [0.29, 0.717) is 31.8 Å². The van der Waals surface area contributed by atoms with Crippen LogP contribution in [0.25, 0.3) is 0 Å². The van der Waals surface area contributed by atoms with Crippen LogP contribution < -0.4 is 5.73 Å². The number of amides is 2. The van der Waals surface area contributed by atoms with E-state index in [2.05, 4.69) is 0 Å². The fraction of sp³-hybridized carbons (Fsp3) is 0.636. The van der Waals surface area contributed by atoms with Crippen LogP contribution in [0.3, 0.4) is 0 Å². The summed E-state index contributed by atoms with van der Waals surface area (Å²) in [5, 5.41) is 0. The van der Waals surface area contributed by atoms with Gasteiger partial charge in [-0.05, 0) is 57.7 Å². The fourth-order valence-electron chi connectivity index (χ4n) is 4.29. The highest BCUT2D eigenvalue weighted by Gasteiger charge is 2.42. The molecule has 0 aliphatic carbocycles. The molecule has 2 heterocycles. The van der Waals surface area contributed by atoms with Crippen molar-refractivity contribution in [2.75, 3.05) is 39.3 Å². The lowest BCUT2D eigenvalue weighted by atomic mass is 9.79. The van der Waals surface area contributed by atoms with Crippen LogP contribution in [-0.4, -0.2) is 67.0 Å². The summed E-state index contributed by atoms with van der Waals surface area (Å²) in [6.07, 6.45) is 4.54. The Morgan fingerprint density at radius 3 is 2.54 bits per heavy atom. The van der Waals surface area contributed by atoms with Gasteiger partial charge in [0.15, 0.2) is 0 Å². The van der Waals surface area contributed by atoms with Gasteiger partial charge in [0.1, 0.15) is 0 Å². The average Bonchev–Trinajstić information content (AvgIpc) is 2.74. The minimum atomic E-state index is -0.504.